The van der Waals surface area contributed by atoms with Gasteiger partial charge in [0.05, 0.1) is 12.1 Å². The first kappa shape index (κ1) is 9.21. The Morgan fingerprint density at radius 2 is 1.88 bits per heavy atom. The molecule has 16 heavy (non-hydrogen) atoms. The molecule has 2 aromatic rings. The summed E-state index contributed by atoms with van der Waals surface area (Å²) in [6, 6.07) is 11.7. The van der Waals surface area contributed by atoms with Crippen molar-refractivity contribution >= 4 is 16.6 Å². The lowest BCUT2D eigenvalue weighted by molar-refractivity contribution is 0.475. The molecule has 0 bridgehead atoms. The molecular formula is C13H12N2O. The summed E-state index contributed by atoms with van der Waals surface area (Å²) in [5.74, 6) is 1.08. The minimum Gasteiger partial charge on any atom is -0.507 e. The van der Waals surface area contributed by atoms with Crippen LogP contribution in [-0.4, -0.2) is 24.0 Å². The maximum absolute atomic E-state index is 9.95. The number of benzene rings is 2. The van der Waals surface area contributed by atoms with E-state index in [9.17, 15) is 5.11 Å². The van der Waals surface area contributed by atoms with E-state index < -0.39 is 0 Å². The molecule has 1 aliphatic rings. The van der Waals surface area contributed by atoms with Crippen molar-refractivity contribution in [1.29, 1.82) is 0 Å². The number of aliphatic imine (C=N–C) groups is 1. The monoisotopic (exact) mass is 212 g/mol. The van der Waals surface area contributed by atoms with Crippen LogP contribution in [0.3, 0.4) is 0 Å². The van der Waals surface area contributed by atoms with Crippen molar-refractivity contribution < 1.29 is 5.11 Å². The Kier molecular flexibility index (Phi) is 2.03. The third-order valence-corrected chi connectivity index (χ3v) is 2.79. The van der Waals surface area contributed by atoms with Crippen LogP contribution in [0.5, 0.6) is 5.75 Å². The fourth-order valence-electron chi connectivity index (χ4n) is 2.00. The quantitative estimate of drug-likeness (QED) is 0.758. The van der Waals surface area contributed by atoms with Gasteiger partial charge in [0.15, 0.2) is 0 Å². The highest BCUT2D eigenvalue weighted by atomic mass is 16.3. The van der Waals surface area contributed by atoms with E-state index in [-0.39, 0.29) is 5.75 Å². The fraction of sp³-hybridized carbons (Fsp3) is 0.154. The molecule has 0 atom stereocenters. The minimum atomic E-state index is 0.284. The Bertz CT molecular complexity index is 575. The molecule has 80 valence electrons. The Hall–Kier alpha value is -2.03. The summed E-state index contributed by atoms with van der Waals surface area (Å²) in [6.45, 7) is 1.63. The van der Waals surface area contributed by atoms with Crippen molar-refractivity contribution in [3.05, 3.63) is 42.0 Å². The van der Waals surface area contributed by atoms with E-state index in [0.717, 1.165) is 35.3 Å². The van der Waals surface area contributed by atoms with E-state index in [1.54, 1.807) is 6.07 Å². The van der Waals surface area contributed by atoms with E-state index in [1.807, 2.05) is 30.3 Å². The van der Waals surface area contributed by atoms with E-state index in [0.29, 0.717) is 0 Å². The van der Waals surface area contributed by atoms with Gasteiger partial charge in [-0.2, -0.15) is 0 Å². The second kappa shape index (κ2) is 3.52. The number of phenolic OH excluding ortho intramolecular Hbond substituents is 1. The van der Waals surface area contributed by atoms with Gasteiger partial charge in [0.1, 0.15) is 11.6 Å². The average molecular weight is 212 g/mol. The first-order chi connectivity index (χ1) is 7.84. The zero-order valence-corrected chi connectivity index (χ0v) is 8.77. The number of rotatable bonds is 1. The van der Waals surface area contributed by atoms with E-state index in [1.165, 1.54) is 0 Å². The van der Waals surface area contributed by atoms with Gasteiger partial charge >= 0.3 is 0 Å². The first-order valence-electron chi connectivity index (χ1n) is 5.35. The van der Waals surface area contributed by atoms with Crippen LogP contribution >= 0.6 is 0 Å². The fourth-order valence-corrected chi connectivity index (χ4v) is 2.00. The van der Waals surface area contributed by atoms with Gasteiger partial charge in [-0.25, -0.2) is 0 Å². The maximum atomic E-state index is 9.95. The highest BCUT2D eigenvalue weighted by molar-refractivity contribution is 6.05. The van der Waals surface area contributed by atoms with Gasteiger partial charge < -0.3 is 10.4 Å². The van der Waals surface area contributed by atoms with Crippen molar-refractivity contribution in [2.24, 2.45) is 4.99 Å². The SMILES string of the molecule is Oc1cc2ccccc2cc1C1=NCCN1. The molecule has 0 aliphatic carbocycles. The van der Waals surface area contributed by atoms with Crippen LogP contribution in [0, 0.1) is 0 Å². The highest BCUT2D eigenvalue weighted by Crippen LogP contribution is 2.25. The zero-order chi connectivity index (χ0) is 11.0. The summed E-state index contributed by atoms with van der Waals surface area (Å²) in [6.07, 6.45) is 0. The van der Waals surface area contributed by atoms with Crippen LogP contribution < -0.4 is 5.32 Å². The first-order valence-corrected chi connectivity index (χ1v) is 5.35. The van der Waals surface area contributed by atoms with Crippen molar-refractivity contribution in [3.63, 3.8) is 0 Å². The van der Waals surface area contributed by atoms with E-state index >= 15 is 0 Å². The third kappa shape index (κ3) is 1.41. The van der Waals surface area contributed by atoms with Crippen molar-refractivity contribution in [2.75, 3.05) is 13.1 Å². The lowest BCUT2D eigenvalue weighted by Gasteiger charge is -2.07. The normalized spacial score (nSPS) is 14.9. The van der Waals surface area contributed by atoms with Gasteiger partial charge in [0.25, 0.3) is 0 Å². The van der Waals surface area contributed by atoms with Crippen LogP contribution in [0.1, 0.15) is 5.56 Å². The van der Waals surface area contributed by atoms with Gasteiger partial charge in [-0.3, -0.25) is 4.99 Å². The lowest BCUT2D eigenvalue weighted by Crippen LogP contribution is -2.19. The molecule has 0 amide bonds. The van der Waals surface area contributed by atoms with Crippen LogP contribution in [0.4, 0.5) is 0 Å². The molecule has 3 heteroatoms. The zero-order valence-electron chi connectivity index (χ0n) is 8.77. The minimum absolute atomic E-state index is 0.284. The summed E-state index contributed by atoms with van der Waals surface area (Å²) in [7, 11) is 0. The summed E-state index contributed by atoms with van der Waals surface area (Å²) >= 11 is 0. The van der Waals surface area contributed by atoms with Crippen LogP contribution in [-0.2, 0) is 0 Å². The summed E-state index contributed by atoms with van der Waals surface area (Å²) in [5, 5.41) is 15.3. The largest absolute Gasteiger partial charge is 0.507 e. The second-order valence-corrected chi connectivity index (χ2v) is 3.87. The predicted molar refractivity (Wildman–Crippen MR) is 65.0 cm³/mol. The number of nitrogens with one attached hydrogen (secondary N) is 1. The molecule has 2 N–H and O–H groups in total. The molecule has 0 saturated carbocycles. The smallest absolute Gasteiger partial charge is 0.132 e. The van der Waals surface area contributed by atoms with E-state index in [4.69, 9.17) is 0 Å². The van der Waals surface area contributed by atoms with Crippen LogP contribution in [0.25, 0.3) is 10.8 Å². The number of hydrogen-bond donors (Lipinski definition) is 2. The van der Waals surface area contributed by atoms with Gasteiger partial charge in [-0.1, -0.05) is 24.3 Å². The van der Waals surface area contributed by atoms with Gasteiger partial charge in [0.2, 0.25) is 0 Å². The Morgan fingerprint density at radius 1 is 1.12 bits per heavy atom. The average Bonchev–Trinajstić information content (AvgIpc) is 2.81. The number of amidine groups is 1. The Balaban J connectivity index is 2.21. The molecule has 0 saturated heterocycles. The number of nitrogens with zero attached hydrogens (tertiary/aromatic N) is 1. The van der Waals surface area contributed by atoms with Crippen molar-refractivity contribution in [1.82, 2.24) is 5.32 Å². The van der Waals surface area contributed by atoms with Gasteiger partial charge in [-0.05, 0) is 22.9 Å². The molecule has 1 aliphatic heterocycles. The highest BCUT2D eigenvalue weighted by Gasteiger charge is 2.12. The maximum Gasteiger partial charge on any atom is 0.132 e. The third-order valence-electron chi connectivity index (χ3n) is 2.79. The summed E-state index contributed by atoms with van der Waals surface area (Å²) in [5.41, 5.74) is 0.788. The number of fused-ring (bicyclic) bond motifs is 1. The number of hydrogen-bond acceptors (Lipinski definition) is 3. The van der Waals surface area contributed by atoms with Gasteiger partial charge in [-0.15, -0.1) is 0 Å². The summed E-state index contributed by atoms with van der Waals surface area (Å²) < 4.78 is 0. The Labute approximate surface area is 93.4 Å². The molecule has 1 heterocycles. The predicted octanol–water partition coefficient (Wildman–Crippen LogP) is 1.90. The molecule has 0 spiro atoms. The van der Waals surface area contributed by atoms with Crippen molar-refractivity contribution in [2.45, 2.75) is 0 Å². The van der Waals surface area contributed by atoms with Gasteiger partial charge in [0, 0.05) is 6.54 Å². The number of phenols is 1. The Morgan fingerprint density at radius 3 is 2.56 bits per heavy atom. The lowest BCUT2D eigenvalue weighted by atomic mass is 10.1. The van der Waals surface area contributed by atoms with Crippen LogP contribution in [0.2, 0.25) is 0 Å². The summed E-state index contributed by atoms with van der Waals surface area (Å²) in [4.78, 5) is 4.32. The second-order valence-electron chi connectivity index (χ2n) is 3.87. The van der Waals surface area contributed by atoms with E-state index in [2.05, 4.69) is 10.3 Å². The molecule has 2 aromatic carbocycles. The molecule has 0 aromatic heterocycles. The van der Waals surface area contributed by atoms with Crippen molar-refractivity contribution in [3.8, 4) is 5.75 Å². The topological polar surface area (TPSA) is 44.6 Å². The molecular weight excluding hydrogens is 200 g/mol. The molecule has 3 nitrogen and oxygen atoms in total. The molecule has 0 fully saturated rings. The van der Waals surface area contributed by atoms with Crippen LogP contribution in [0.15, 0.2) is 41.4 Å². The standard InChI is InChI=1S/C13H12N2O/c16-12-8-10-4-2-1-3-9(10)7-11(12)13-14-5-6-15-13/h1-4,7-8,16H,5-6H2,(H,14,15). The molecule has 0 radical (unpaired) electrons. The molecule has 3 rings (SSSR count). The molecule has 0 unspecified atom stereocenters. The number of aromatic hydroxyl groups is 1.